The fourth-order valence-corrected chi connectivity index (χ4v) is 6.26. The summed E-state index contributed by atoms with van der Waals surface area (Å²) in [6.07, 6.45) is 6.61. The van der Waals surface area contributed by atoms with E-state index in [0.29, 0.717) is 29.0 Å². The second-order valence-corrected chi connectivity index (χ2v) is 9.22. The number of quaternary nitrogens is 1. The van der Waals surface area contributed by atoms with Gasteiger partial charge in [0, 0.05) is 0 Å². The fourth-order valence-electron chi connectivity index (χ4n) is 4.06. The SMILES string of the molecule is O=S(=O)(c1cccc2nsnc12)N1CC[NH+](C2CCCCC2)CC1. The molecule has 2 aromatic rings. The highest BCUT2D eigenvalue weighted by atomic mass is 32.2. The minimum Gasteiger partial charge on any atom is -0.330 e. The average molecular weight is 368 g/mol. The maximum Gasteiger partial charge on any atom is 0.245 e. The highest BCUT2D eigenvalue weighted by molar-refractivity contribution is 7.89. The molecule has 2 fully saturated rings. The monoisotopic (exact) mass is 367 g/mol. The van der Waals surface area contributed by atoms with E-state index < -0.39 is 10.0 Å². The Kier molecular flexibility index (Phi) is 4.55. The molecular weight excluding hydrogens is 344 g/mol. The first-order valence-electron chi connectivity index (χ1n) is 8.72. The summed E-state index contributed by atoms with van der Waals surface area (Å²) in [6, 6.07) is 5.94. The van der Waals surface area contributed by atoms with Gasteiger partial charge >= 0.3 is 0 Å². The molecule has 1 N–H and O–H groups in total. The molecule has 1 aliphatic heterocycles. The molecule has 0 unspecified atom stereocenters. The third-order valence-corrected chi connectivity index (χ3v) is 7.89. The van der Waals surface area contributed by atoms with Gasteiger partial charge in [-0.1, -0.05) is 12.5 Å². The van der Waals surface area contributed by atoms with Crippen LogP contribution in [0.2, 0.25) is 0 Å². The van der Waals surface area contributed by atoms with Crippen LogP contribution in [0.4, 0.5) is 0 Å². The molecular formula is C16H23N4O2S2+. The van der Waals surface area contributed by atoms with Gasteiger partial charge in [-0.2, -0.15) is 13.1 Å². The Morgan fingerprint density at radius 2 is 1.83 bits per heavy atom. The van der Waals surface area contributed by atoms with Crippen molar-refractivity contribution in [1.82, 2.24) is 13.1 Å². The van der Waals surface area contributed by atoms with Crippen molar-refractivity contribution >= 4 is 32.8 Å². The van der Waals surface area contributed by atoms with Crippen molar-refractivity contribution in [2.24, 2.45) is 0 Å². The van der Waals surface area contributed by atoms with E-state index in [9.17, 15) is 8.42 Å². The molecule has 130 valence electrons. The summed E-state index contributed by atoms with van der Waals surface area (Å²) in [5, 5.41) is 0. The van der Waals surface area contributed by atoms with Crippen molar-refractivity contribution in [3.05, 3.63) is 18.2 Å². The largest absolute Gasteiger partial charge is 0.330 e. The molecule has 4 rings (SSSR count). The lowest BCUT2D eigenvalue weighted by Crippen LogP contribution is -3.18. The van der Waals surface area contributed by atoms with E-state index in [4.69, 9.17) is 0 Å². The number of hydrogen-bond acceptors (Lipinski definition) is 5. The molecule has 0 atom stereocenters. The number of sulfonamides is 1. The van der Waals surface area contributed by atoms with Gasteiger partial charge in [0.1, 0.15) is 15.9 Å². The van der Waals surface area contributed by atoms with Gasteiger partial charge in [0.15, 0.2) is 0 Å². The molecule has 0 bridgehead atoms. The molecule has 1 aromatic carbocycles. The molecule has 1 aliphatic carbocycles. The maximum atomic E-state index is 13.0. The lowest BCUT2D eigenvalue weighted by Gasteiger charge is -2.37. The van der Waals surface area contributed by atoms with Gasteiger partial charge in [-0.3, -0.25) is 0 Å². The van der Waals surface area contributed by atoms with Gasteiger partial charge in [0.25, 0.3) is 0 Å². The molecule has 1 aromatic heterocycles. The highest BCUT2D eigenvalue weighted by Crippen LogP contribution is 2.24. The topological polar surface area (TPSA) is 67.6 Å². The average Bonchev–Trinajstić information content (AvgIpc) is 3.11. The zero-order valence-corrected chi connectivity index (χ0v) is 15.3. The van der Waals surface area contributed by atoms with Crippen LogP contribution >= 0.6 is 11.7 Å². The van der Waals surface area contributed by atoms with E-state index in [2.05, 4.69) is 8.75 Å². The molecule has 1 saturated carbocycles. The Morgan fingerprint density at radius 1 is 1.08 bits per heavy atom. The van der Waals surface area contributed by atoms with Crippen LogP contribution in [0.5, 0.6) is 0 Å². The molecule has 1 saturated heterocycles. The van der Waals surface area contributed by atoms with E-state index in [1.165, 1.54) is 32.1 Å². The molecule has 24 heavy (non-hydrogen) atoms. The van der Waals surface area contributed by atoms with Crippen LogP contribution in [0.1, 0.15) is 32.1 Å². The van der Waals surface area contributed by atoms with Crippen LogP contribution in [0.25, 0.3) is 11.0 Å². The van der Waals surface area contributed by atoms with Gasteiger partial charge < -0.3 is 4.90 Å². The van der Waals surface area contributed by atoms with E-state index in [1.54, 1.807) is 21.3 Å². The van der Waals surface area contributed by atoms with E-state index in [-0.39, 0.29) is 0 Å². The lowest BCUT2D eigenvalue weighted by molar-refractivity contribution is -0.930. The summed E-state index contributed by atoms with van der Waals surface area (Å²) in [7, 11) is -3.49. The van der Waals surface area contributed by atoms with Crippen LogP contribution in [0.3, 0.4) is 0 Å². The van der Waals surface area contributed by atoms with Gasteiger partial charge in [0.2, 0.25) is 10.0 Å². The van der Waals surface area contributed by atoms with Crippen LogP contribution in [0, 0.1) is 0 Å². The van der Waals surface area contributed by atoms with Crippen LogP contribution in [0.15, 0.2) is 23.1 Å². The minimum absolute atomic E-state index is 0.301. The number of piperazine rings is 1. The lowest BCUT2D eigenvalue weighted by atomic mass is 9.94. The Balaban J connectivity index is 1.51. The molecule has 8 heteroatoms. The maximum absolute atomic E-state index is 13.0. The minimum atomic E-state index is -3.49. The summed E-state index contributed by atoms with van der Waals surface area (Å²) >= 11 is 1.06. The molecule has 0 spiro atoms. The summed E-state index contributed by atoms with van der Waals surface area (Å²) in [6.45, 7) is 3.02. The number of benzene rings is 1. The van der Waals surface area contributed by atoms with Crippen LogP contribution in [-0.4, -0.2) is 53.7 Å². The molecule has 2 heterocycles. The Labute approximate surface area is 146 Å². The number of nitrogens with one attached hydrogen (secondary N) is 1. The van der Waals surface area contributed by atoms with Crippen molar-refractivity contribution in [3.8, 4) is 0 Å². The highest BCUT2D eigenvalue weighted by Gasteiger charge is 2.35. The third-order valence-electron chi connectivity index (χ3n) is 5.41. The number of aromatic nitrogens is 2. The van der Waals surface area contributed by atoms with Crippen LogP contribution in [-0.2, 0) is 10.0 Å². The summed E-state index contributed by atoms with van der Waals surface area (Å²) in [4.78, 5) is 1.89. The number of nitrogens with zero attached hydrogens (tertiary/aromatic N) is 3. The van der Waals surface area contributed by atoms with Crippen molar-refractivity contribution < 1.29 is 13.3 Å². The predicted octanol–water partition coefficient (Wildman–Crippen LogP) is 0.913. The third kappa shape index (κ3) is 2.96. The number of hydrogen-bond donors (Lipinski definition) is 1. The van der Waals surface area contributed by atoms with Crippen molar-refractivity contribution in [2.45, 2.75) is 43.0 Å². The molecule has 0 amide bonds. The van der Waals surface area contributed by atoms with Crippen LogP contribution < -0.4 is 4.90 Å². The van der Waals surface area contributed by atoms with Gasteiger partial charge in [-0.05, 0) is 37.8 Å². The second-order valence-electron chi connectivity index (χ2n) is 6.79. The first-order valence-corrected chi connectivity index (χ1v) is 10.9. The first kappa shape index (κ1) is 16.4. The molecule has 0 radical (unpaired) electrons. The number of rotatable bonds is 3. The quantitative estimate of drug-likeness (QED) is 0.876. The predicted molar refractivity (Wildman–Crippen MR) is 93.7 cm³/mol. The Bertz CT molecular complexity index is 806. The summed E-state index contributed by atoms with van der Waals surface area (Å²) in [5.41, 5.74) is 1.16. The fraction of sp³-hybridized carbons (Fsp3) is 0.625. The Hall–Kier alpha value is -1.09. The molecule has 6 nitrogen and oxygen atoms in total. The van der Waals surface area contributed by atoms with E-state index >= 15 is 0 Å². The molecule has 2 aliphatic rings. The standard InChI is InChI=1S/C16H22N4O2S2/c21-24(22,15-8-4-7-14-16(15)18-23-17-14)20-11-9-19(10-12-20)13-5-2-1-3-6-13/h4,7-8,13H,1-3,5-6,9-12H2/p+1. The second kappa shape index (κ2) is 6.67. The van der Waals surface area contributed by atoms with Crippen molar-refractivity contribution in [1.29, 1.82) is 0 Å². The first-order chi connectivity index (χ1) is 11.7. The van der Waals surface area contributed by atoms with Gasteiger partial charge in [0.05, 0.1) is 43.9 Å². The van der Waals surface area contributed by atoms with E-state index in [1.807, 2.05) is 6.07 Å². The van der Waals surface area contributed by atoms with Crippen molar-refractivity contribution in [2.75, 3.05) is 26.2 Å². The van der Waals surface area contributed by atoms with Gasteiger partial charge in [-0.25, -0.2) is 8.42 Å². The Morgan fingerprint density at radius 3 is 2.58 bits per heavy atom. The van der Waals surface area contributed by atoms with Crippen molar-refractivity contribution in [3.63, 3.8) is 0 Å². The summed E-state index contributed by atoms with van der Waals surface area (Å²) < 4.78 is 36.0. The van der Waals surface area contributed by atoms with E-state index in [0.717, 1.165) is 30.9 Å². The zero-order chi connectivity index (χ0) is 16.6. The zero-order valence-electron chi connectivity index (χ0n) is 13.6. The normalized spacial score (nSPS) is 22.2. The number of fused-ring (bicyclic) bond motifs is 1. The summed E-state index contributed by atoms with van der Waals surface area (Å²) in [5.74, 6) is 0. The van der Waals surface area contributed by atoms with Gasteiger partial charge in [-0.15, -0.1) is 0 Å². The smallest absolute Gasteiger partial charge is 0.245 e.